The quantitative estimate of drug-likeness (QED) is 0.321. The number of unbranched alkanes of at least 4 members (excludes halogenated alkanes) is 1. The molecule has 33 heavy (non-hydrogen) atoms. The first-order valence-electron chi connectivity index (χ1n) is 11.2. The van der Waals surface area contributed by atoms with E-state index in [1.54, 1.807) is 11.7 Å². The number of ether oxygens (including phenoxy) is 1. The highest BCUT2D eigenvalue weighted by atomic mass is 32.1. The van der Waals surface area contributed by atoms with Gasteiger partial charge in [0.1, 0.15) is 11.3 Å². The maximum absolute atomic E-state index is 13.1. The van der Waals surface area contributed by atoms with Crippen LogP contribution < -0.4 is 15.2 Å². The van der Waals surface area contributed by atoms with E-state index in [0.29, 0.717) is 47.4 Å². The van der Waals surface area contributed by atoms with E-state index in [4.69, 9.17) is 17.0 Å². The average molecular weight is 463 g/mol. The molecule has 2 aromatic heterocycles. The molecule has 0 saturated heterocycles. The average Bonchev–Trinajstić information content (AvgIpc) is 3.34. The van der Waals surface area contributed by atoms with Crippen molar-refractivity contribution in [3.05, 3.63) is 63.2 Å². The van der Waals surface area contributed by atoms with Crippen molar-refractivity contribution in [2.45, 2.75) is 45.2 Å². The van der Waals surface area contributed by atoms with E-state index in [1.165, 1.54) is 5.56 Å². The number of aromatic nitrogens is 3. The first kappa shape index (κ1) is 21.5. The molecule has 7 nitrogen and oxygen atoms in total. The summed E-state index contributed by atoms with van der Waals surface area (Å²) in [4.78, 5) is 34.3. The fraction of sp³-hybridized carbons (Fsp3) is 0.320. The molecule has 1 aliphatic heterocycles. The van der Waals surface area contributed by atoms with E-state index < -0.39 is 0 Å². The van der Waals surface area contributed by atoms with Gasteiger partial charge >= 0.3 is 0 Å². The monoisotopic (exact) mass is 462 g/mol. The van der Waals surface area contributed by atoms with E-state index in [-0.39, 0.29) is 17.5 Å². The van der Waals surface area contributed by atoms with Crippen molar-refractivity contribution in [1.29, 1.82) is 0 Å². The summed E-state index contributed by atoms with van der Waals surface area (Å²) in [6.45, 7) is 2.55. The lowest BCUT2D eigenvalue weighted by Crippen LogP contribution is -2.35. The third-order valence-corrected chi connectivity index (χ3v) is 6.76. The number of methoxy groups -OCH3 is 1. The Balaban J connectivity index is 1.30. The number of hydrogen-bond donors (Lipinski definition) is 2. The van der Waals surface area contributed by atoms with E-state index in [9.17, 15) is 9.59 Å². The van der Waals surface area contributed by atoms with Gasteiger partial charge < -0.3 is 19.6 Å². The summed E-state index contributed by atoms with van der Waals surface area (Å²) < 4.78 is 7.26. The van der Waals surface area contributed by atoms with Crippen LogP contribution in [0.1, 0.15) is 31.7 Å². The third-order valence-electron chi connectivity index (χ3n) is 6.44. The molecule has 2 N–H and O–H groups in total. The summed E-state index contributed by atoms with van der Waals surface area (Å²) >= 11 is 5.49. The molecular formula is C25H26N4O3S. The van der Waals surface area contributed by atoms with Gasteiger partial charge in [-0.25, -0.2) is 0 Å². The highest BCUT2D eigenvalue weighted by Crippen LogP contribution is 2.32. The van der Waals surface area contributed by atoms with E-state index in [0.717, 1.165) is 23.0 Å². The number of H-pyrrole nitrogens is 2. The zero-order valence-corrected chi connectivity index (χ0v) is 19.5. The second kappa shape index (κ2) is 8.51. The van der Waals surface area contributed by atoms with Crippen molar-refractivity contribution in [1.82, 2.24) is 14.5 Å². The molecule has 1 atom stereocenters. The van der Waals surface area contributed by atoms with E-state index in [1.807, 2.05) is 41.3 Å². The van der Waals surface area contributed by atoms with Crippen LogP contribution >= 0.6 is 12.2 Å². The van der Waals surface area contributed by atoms with E-state index in [2.05, 4.69) is 23.0 Å². The smallest absolute Gasteiger partial charge is 0.278 e. The second-order valence-corrected chi connectivity index (χ2v) is 8.96. The van der Waals surface area contributed by atoms with Crippen LogP contribution in [0.2, 0.25) is 0 Å². The van der Waals surface area contributed by atoms with Crippen molar-refractivity contribution >= 4 is 45.7 Å². The molecule has 0 fully saturated rings. The topological polar surface area (TPSA) is 83.1 Å². The van der Waals surface area contributed by atoms with Crippen LogP contribution in [-0.2, 0) is 17.8 Å². The number of rotatable bonds is 6. The largest absolute Gasteiger partial charge is 0.497 e. The summed E-state index contributed by atoms with van der Waals surface area (Å²) in [7, 11) is 1.61. The highest BCUT2D eigenvalue weighted by molar-refractivity contribution is 7.71. The van der Waals surface area contributed by atoms with Crippen LogP contribution in [0.5, 0.6) is 5.75 Å². The van der Waals surface area contributed by atoms with Crippen LogP contribution in [0.4, 0.5) is 5.69 Å². The zero-order chi connectivity index (χ0) is 23.1. The lowest BCUT2D eigenvalue weighted by Gasteiger charge is -2.22. The number of hydrogen-bond acceptors (Lipinski definition) is 4. The molecule has 170 valence electrons. The second-order valence-electron chi connectivity index (χ2n) is 8.58. The summed E-state index contributed by atoms with van der Waals surface area (Å²) in [6.07, 6.45) is 2.71. The first-order chi connectivity index (χ1) is 16.0. The van der Waals surface area contributed by atoms with Gasteiger partial charge in [-0.3, -0.25) is 14.2 Å². The van der Waals surface area contributed by atoms with Gasteiger partial charge in [0.05, 0.1) is 12.6 Å². The minimum absolute atomic E-state index is 0.130. The Labute approximate surface area is 196 Å². The van der Waals surface area contributed by atoms with Gasteiger partial charge in [-0.05, 0) is 68.2 Å². The van der Waals surface area contributed by atoms with Gasteiger partial charge in [-0.15, -0.1) is 0 Å². The Hall–Kier alpha value is -3.39. The number of nitrogens with zero attached hydrogens (tertiary/aromatic N) is 2. The Kier molecular flexibility index (Phi) is 5.54. The lowest BCUT2D eigenvalue weighted by molar-refractivity contribution is -0.119. The van der Waals surface area contributed by atoms with Gasteiger partial charge in [0.25, 0.3) is 5.56 Å². The molecular weight excluding hydrogens is 436 g/mol. The normalized spacial score (nSPS) is 15.3. The maximum atomic E-state index is 13.1. The highest BCUT2D eigenvalue weighted by Gasteiger charge is 2.29. The first-order valence-corrected chi connectivity index (χ1v) is 11.6. The van der Waals surface area contributed by atoms with Crippen molar-refractivity contribution in [3.8, 4) is 5.75 Å². The summed E-state index contributed by atoms with van der Waals surface area (Å²) in [5, 5.41) is 0.866. The van der Waals surface area contributed by atoms with Crippen molar-refractivity contribution in [3.63, 3.8) is 0 Å². The Morgan fingerprint density at radius 3 is 2.79 bits per heavy atom. The van der Waals surface area contributed by atoms with Crippen LogP contribution in [0.15, 0.2) is 47.3 Å². The van der Waals surface area contributed by atoms with Gasteiger partial charge in [-0.2, -0.15) is 0 Å². The summed E-state index contributed by atoms with van der Waals surface area (Å²) in [5.41, 5.74) is 4.11. The van der Waals surface area contributed by atoms with Crippen LogP contribution in [0, 0.1) is 4.77 Å². The number of carbonyl (C=O) groups excluding carboxylic acids is 1. The fourth-order valence-electron chi connectivity index (χ4n) is 4.81. The molecule has 0 spiro atoms. The Bertz CT molecular complexity index is 1480. The molecule has 5 rings (SSSR count). The third kappa shape index (κ3) is 3.74. The molecule has 0 radical (unpaired) electrons. The van der Waals surface area contributed by atoms with Crippen LogP contribution in [0.25, 0.3) is 21.9 Å². The molecule has 1 unspecified atom stereocenters. The summed E-state index contributed by atoms with van der Waals surface area (Å²) in [5.74, 6) is 0.844. The molecule has 1 amide bonds. The van der Waals surface area contributed by atoms with Gasteiger partial charge in [0.2, 0.25) is 5.91 Å². The molecule has 8 heteroatoms. The number of fused-ring (bicyclic) bond motifs is 4. The van der Waals surface area contributed by atoms with Crippen LogP contribution in [-0.4, -0.2) is 33.6 Å². The number of amides is 1. The number of nitrogens with one attached hydrogen (secondary N) is 2. The van der Waals surface area contributed by atoms with Crippen molar-refractivity contribution in [2.24, 2.45) is 0 Å². The maximum Gasteiger partial charge on any atom is 0.278 e. The minimum atomic E-state index is -0.155. The van der Waals surface area contributed by atoms with Gasteiger partial charge in [-0.1, -0.05) is 18.2 Å². The van der Waals surface area contributed by atoms with E-state index >= 15 is 0 Å². The molecule has 0 aliphatic carbocycles. The van der Waals surface area contributed by atoms with Crippen molar-refractivity contribution < 1.29 is 9.53 Å². The van der Waals surface area contributed by atoms with Gasteiger partial charge in [0.15, 0.2) is 4.77 Å². The summed E-state index contributed by atoms with van der Waals surface area (Å²) in [6, 6.07) is 13.9. The number of benzene rings is 2. The zero-order valence-electron chi connectivity index (χ0n) is 18.7. The molecule has 2 aromatic carbocycles. The Morgan fingerprint density at radius 1 is 1.15 bits per heavy atom. The van der Waals surface area contributed by atoms with Gasteiger partial charge in [0, 0.05) is 35.6 Å². The molecule has 4 aromatic rings. The predicted octanol–water partition coefficient (Wildman–Crippen LogP) is 4.70. The molecule has 0 saturated carbocycles. The Morgan fingerprint density at radius 2 is 1.97 bits per heavy atom. The molecule has 3 heterocycles. The number of para-hydroxylation sites is 1. The molecule has 1 aliphatic rings. The number of anilines is 1. The SMILES string of the molecule is COc1ccc2[nH]c3c(=O)n(CCCCC(=O)N4c5ccccc5CC4C)c(=S)[nH]c3c2c1. The fourth-order valence-corrected chi connectivity index (χ4v) is 5.08. The standard InChI is InChI=1S/C25H26N4O3S/c1-15-13-16-7-3-4-8-20(16)29(15)21(30)9-5-6-12-28-24(31)23-22(27-25(28)33)18-14-17(32-2)10-11-19(18)26-23/h3-4,7-8,10-11,14-15,26H,5-6,9,12-13H2,1-2H3,(H,27,33). The lowest BCUT2D eigenvalue weighted by atomic mass is 10.1. The molecule has 0 bridgehead atoms. The predicted molar refractivity (Wildman–Crippen MR) is 133 cm³/mol. The van der Waals surface area contributed by atoms with Crippen molar-refractivity contribution in [2.75, 3.05) is 12.0 Å². The minimum Gasteiger partial charge on any atom is -0.497 e. The number of aromatic amines is 2. The van der Waals surface area contributed by atoms with Crippen LogP contribution in [0.3, 0.4) is 0 Å². The number of carbonyl (C=O) groups is 1.